The summed E-state index contributed by atoms with van der Waals surface area (Å²) < 4.78 is 14.2. The zero-order valence-corrected chi connectivity index (χ0v) is 66.2. The summed E-state index contributed by atoms with van der Waals surface area (Å²) in [7, 11) is 0. The predicted octanol–water partition coefficient (Wildman–Crippen LogP) is 18.0. The van der Waals surface area contributed by atoms with Crippen molar-refractivity contribution in [2.24, 2.45) is 20.4 Å². The molecule has 8 aliphatic heterocycles. The topological polar surface area (TPSA) is 222 Å². The monoisotopic (exact) mass is 1620 g/mol. The third-order valence-electron chi connectivity index (χ3n) is 21.1. The van der Waals surface area contributed by atoms with E-state index in [0.29, 0.717) is 25.2 Å². The molecule has 0 aliphatic carbocycles. The zero-order chi connectivity index (χ0) is 79.7. The molecule has 8 aliphatic rings. The quantitative estimate of drug-likeness (QED) is 0.0588. The molecule has 0 bridgehead atoms. The third-order valence-corrected chi connectivity index (χ3v) is 26.3. The maximum Gasteiger partial charge on any atom is 0.270 e. The number of nitrogens with zero attached hydrogens (tertiary/aromatic N) is 9. The summed E-state index contributed by atoms with van der Waals surface area (Å²) in [6, 6.07) is 98.7. The van der Waals surface area contributed by atoms with Gasteiger partial charge in [-0.3, -0.25) is 51.0 Å². The number of anilines is 4. The summed E-state index contributed by atoms with van der Waals surface area (Å²) in [5, 5.41) is 32.2. The van der Waals surface area contributed by atoms with Crippen LogP contribution in [0, 0.1) is 36.7 Å². The number of amides is 4. The van der Waals surface area contributed by atoms with Crippen LogP contribution in [0.2, 0.25) is 0 Å². The second-order valence-corrected chi connectivity index (χ2v) is 33.5. The number of fused-ring (bicyclic) bond motifs is 8. The van der Waals surface area contributed by atoms with E-state index in [-0.39, 0.29) is 49.1 Å². The van der Waals surface area contributed by atoms with Crippen LogP contribution in [0.3, 0.4) is 0 Å². The molecule has 8 heterocycles. The average molecular weight is 1620 g/mol. The summed E-state index contributed by atoms with van der Waals surface area (Å²) in [5.74, 6) is -0.496. The highest BCUT2D eigenvalue weighted by molar-refractivity contribution is 8.17. The molecule has 0 saturated heterocycles. The van der Waals surface area contributed by atoms with Crippen LogP contribution in [-0.2, 0) is 64.7 Å². The smallest absolute Gasteiger partial charge is 0.270 e. The highest BCUT2D eigenvalue weighted by Crippen LogP contribution is 2.55. The van der Waals surface area contributed by atoms with Gasteiger partial charge < -0.3 is 19.6 Å². The van der Waals surface area contributed by atoms with Gasteiger partial charge in [0.15, 0.2) is 0 Å². The number of nitro benzene ring substituents is 1. The van der Waals surface area contributed by atoms with Crippen LogP contribution >= 0.6 is 47.0 Å². The molecule has 12 aromatic rings. The van der Waals surface area contributed by atoms with Gasteiger partial charge in [-0.2, -0.15) is 20.4 Å². The van der Waals surface area contributed by atoms with E-state index in [4.69, 9.17) is 0 Å². The maximum atomic E-state index is 14.2. The number of halogens is 1. The molecule has 0 saturated carbocycles. The van der Waals surface area contributed by atoms with Crippen LogP contribution in [-0.4, -0.2) is 55.3 Å². The minimum absolute atomic E-state index is 0. The van der Waals surface area contributed by atoms with E-state index < -0.39 is 24.4 Å². The van der Waals surface area contributed by atoms with Gasteiger partial charge in [-0.1, -0.05) is 338 Å². The van der Waals surface area contributed by atoms with E-state index in [1.165, 1.54) is 76.4 Å². The van der Waals surface area contributed by atoms with Gasteiger partial charge in [-0.15, -0.1) is 0 Å². The van der Waals surface area contributed by atoms with Crippen molar-refractivity contribution in [3.05, 3.63) is 409 Å². The molecular formula is C93H78FN13O6S4. The van der Waals surface area contributed by atoms with Gasteiger partial charge >= 0.3 is 0 Å². The van der Waals surface area contributed by atoms with Gasteiger partial charge in [0.2, 0.25) is 19.5 Å². The number of hydrogen-bond acceptors (Lipinski definition) is 18. The first-order chi connectivity index (χ1) is 56.5. The first-order valence-corrected chi connectivity index (χ1v) is 40.9. The molecule has 0 radical (unpaired) electrons. The lowest BCUT2D eigenvalue weighted by Crippen LogP contribution is -2.45. The van der Waals surface area contributed by atoms with Crippen LogP contribution < -0.4 is 41.3 Å². The fourth-order valence-electron chi connectivity index (χ4n) is 15.0. The van der Waals surface area contributed by atoms with E-state index in [0.717, 1.165) is 116 Å². The highest BCUT2D eigenvalue weighted by Gasteiger charge is 2.59. The lowest BCUT2D eigenvalue weighted by molar-refractivity contribution is -0.384. The number of nitro groups is 1. The highest BCUT2D eigenvalue weighted by atomic mass is 32.2. The second kappa shape index (κ2) is 32.8. The fraction of sp³-hybridized carbons (Fsp3) is 0.140. The normalized spacial score (nSPS) is 19.8. The van der Waals surface area contributed by atoms with Crippen molar-refractivity contribution in [1.82, 2.24) is 21.7 Å². The Morgan fingerprint density at radius 1 is 0.350 bits per heavy atom. The largest absolute Gasteiger partial charge is 0.308 e. The van der Waals surface area contributed by atoms with Crippen molar-refractivity contribution in [2.45, 2.75) is 73.7 Å². The molecule has 12 aromatic carbocycles. The summed E-state index contributed by atoms with van der Waals surface area (Å²) in [4.78, 5) is 68.2. The molecule has 4 N–H and O–H groups in total. The van der Waals surface area contributed by atoms with Gasteiger partial charge in [-0.25, -0.2) is 4.39 Å². The number of rotatable bonds is 14. The average Bonchev–Trinajstić information content (AvgIpc) is 1.59. The number of carbonyl (C=O) groups excluding carboxylic acids is 4. The maximum absolute atomic E-state index is 14.2. The number of benzene rings is 12. The molecule has 24 heteroatoms. The van der Waals surface area contributed by atoms with E-state index in [1.54, 1.807) is 40.1 Å². The van der Waals surface area contributed by atoms with E-state index in [2.05, 4.69) is 111 Å². The number of hydrogen-bond donors (Lipinski definition) is 4. The van der Waals surface area contributed by atoms with Gasteiger partial charge in [0.25, 0.3) is 29.3 Å². The Labute approximate surface area is 693 Å². The van der Waals surface area contributed by atoms with E-state index in [1.807, 2.05) is 223 Å². The van der Waals surface area contributed by atoms with Crippen molar-refractivity contribution >= 4 is 119 Å². The number of para-hydroxylation sites is 3. The Balaban J connectivity index is 0.000000117. The van der Waals surface area contributed by atoms with Crippen LogP contribution in [0.15, 0.2) is 330 Å². The van der Waals surface area contributed by atoms with Gasteiger partial charge in [0, 0.05) is 68.7 Å². The molecule has 4 amide bonds. The van der Waals surface area contributed by atoms with Crippen molar-refractivity contribution in [3.63, 3.8) is 0 Å². The van der Waals surface area contributed by atoms with Crippen LogP contribution in [0.4, 0.5) is 32.8 Å². The predicted molar refractivity (Wildman–Crippen MR) is 470 cm³/mol. The molecule has 582 valence electrons. The Bertz CT molecular complexity index is 5960. The van der Waals surface area contributed by atoms with Crippen molar-refractivity contribution in [2.75, 3.05) is 26.1 Å². The van der Waals surface area contributed by atoms with Crippen LogP contribution in [0.1, 0.15) is 90.9 Å². The summed E-state index contributed by atoms with van der Waals surface area (Å²) in [6.07, 6.45) is 0.813. The van der Waals surface area contributed by atoms with Crippen molar-refractivity contribution in [3.8, 4) is 0 Å². The summed E-state index contributed by atoms with van der Waals surface area (Å²) in [5.41, 5.74) is 30.8. The molecule has 4 spiro atoms. The number of non-ortho nitro benzene ring substituents is 1. The van der Waals surface area contributed by atoms with Gasteiger partial charge in [0.05, 0.1) is 47.3 Å². The molecule has 4 atom stereocenters. The molecule has 19 nitrogen and oxygen atoms in total. The summed E-state index contributed by atoms with van der Waals surface area (Å²) in [6.45, 7) is 7.83. The number of hydrazone groups is 4. The number of carbonyl (C=O) groups is 4. The third kappa shape index (κ3) is 14.8. The van der Waals surface area contributed by atoms with Gasteiger partial charge in [0.1, 0.15) is 26.0 Å². The standard InChI is InChI=1S/C24H21N3OS.C23H18N4O3S.C23H19N3OS.C22H16FN3OS.CH4/c1-17-12-13-21-20(16-17)24(26-25-22(29-24)19-10-6-3-7-11-19)23(28)27(21)15-14-18-8-4-2-5-9-18;1-15-6-10-17(11-7-15)21-24-25-23(31-21)19-4-2-3-5-20(19)26(22(23)28)14-16-8-12-18(13-9-16)27(29)30;1-16-11-13-17(14-12-16)15-26-20-10-6-5-9-19(20)23(22(26)27)25-24-21(28-23)18-7-3-2-4-8-18;23-18-12-6-4-10-16(18)14-26-19-13-7-5-11-17(19)22(21(26)27)25-24-20(28-22)15-8-2-1-3-9-15;/h2-13,16,26H,14-15H2,1H3;2-13,25H,14H2,1H3;2-14,25H,15H2,1H3;1-13,25H,14H2;1H4. The molecular weight excluding hydrogens is 1540 g/mol. The van der Waals surface area contributed by atoms with Crippen LogP contribution in [0.25, 0.3) is 0 Å². The van der Waals surface area contributed by atoms with Crippen molar-refractivity contribution in [1.29, 1.82) is 0 Å². The first-order valence-electron chi connectivity index (χ1n) is 37.6. The molecule has 0 fully saturated rings. The molecule has 4 unspecified atom stereocenters. The van der Waals surface area contributed by atoms with E-state index >= 15 is 0 Å². The van der Waals surface area contributed by atoms with E-state index in [9.17, 15) is 33.7 Å². The fourth-order valence-corrected chi connectivity index (χ4v) is 19.9. The summed E-state index contributed by atoms with van der Waals surface area (Å²) >= 11 is 5.80. The first kappa shape index (κ1) is 78.0. The molecule has 117 heavy (non-hydrogen) atoms. The minimum atomic E-state index is -1.02. The lowest BCUT2D eigenvalue weighted by atomic mass is 10.1. The Kier molecular flexibility index (Phi) is 21.9. The Morgan fingerprint density at radius 3 is 1.09 bits per heavy atom. The lowest BCUT2D eigenvalue weighted by Gasteiger charge is -2.23. The molecule has 0 aromatic heterocycles. The Morgan fingerprint density at radius 2 is 0.675 bits per heavy atom. The SMILES string of the molecule is C.Cc1ccc(C2=NNC3(S2)C(=O)N(Cc2ccc([N+](=O)[O-])cc2)c2ccccc23)cc1.Cc1ccc(CN2C(=O)C3(NN=C(c4ccccc4)S3)c3ccccc32)cc1.Cc1ccc2c(c1)C1(NN=C(c3ccccc3)S1)C(=O)N2CCc1ccccc1.O=C1N(Cc2ccccc2F)c2ccccc2C12NN=C(c1ccccc1)S2. The van der Waals surface area contributed by atoms with Gasteiger partial charge in [-0.05, 0) is 74.2 Å². The number of thioether (sulfide) groups is 4. The molecule has 20 rings (SSSR count). The zero-order valence-electron chi connectivity index (χ0n) is 63.0. The number of nitrogens with one attached hydrogen (secondary N) is 4. The Hall–Kier alpha value is -12.9. The second-order valence-electron chi connectivity index (χ2n) is 28.7. The number of aryl methyl sites for hydroxylation is 3. The van der Waals surface area contributed by atoms with Crippen LogP contribution in [0.5, 0.6) is 0 Å². The minimum Gasteiger partial charge on any atom is -0.308 e. The van der Waals surface area contributed by atoms with Crippen molar-refractivity contribution < 1.29 is 28.5 Å².